The van der Waals surface area contributed by atoms with Gasteiger partial charge < -0.3 is 4.74 Å². The predicted molar refractivity (Wildman–Crippen MR) is 71.4 cm³/mol. The summed E-state index contributed by atoms with van der Waals surface area (Å²) in [5.74, 6) is 1.87. The summed E-state index contributed by atoms with van der Waals surface area (Å²) < 4.78 is 5.89. The second-order valence-corrected chi connectivity index (χ2v) is 6.05. The molecular weight excluding hydrogens is 215 g/mol. The molecule has 16 heavy (non-hydrogen) atoms. The molecule has 0 heterocycles. The van der Waals surface area contributed by atoms with Crippen LogP contribution < -0.4 is 10.0 Å². The Morgan fingerprint density at radius 2 is 1.44 bits per heavy atom. The SMILES string of the molecule is CP(C)c1ccccc1Oc1ccccc1. The summed E-state index contributed by atoms with van der Waals surface area (Å²) in [6.45, 7) is 4.48. The molecule has 0 unspecified atom stereocenters. The quantitative estimate of drug-likeness (QED) is 0.728. The van der Waals surface area contributed by atoms with Crippen molar-refractivity contribution in [1.82, 2.24) is 0 Å². The Hall–Kier alpha value is -1.33. The lowest BCUT2D eigenvalue weighted by Crippen LogP contribution is -2.03. The van der Waals surface area contributed by atoms with Crippen LogP contribution >= 0.6 is 7.92 Å². The standard InChI is InChI=1S/C14H15OP/c1-16(2)14-11-7-6-10-13(14)15-12-8-4-3-5-9-12/h3-11H,1-2H3. The molecule has 0 aliphatic rings. The molecule has 0 aromatic heterocycles. The summed E-state index contributed by atoms with van der Waals surface area (Å²) in [5, 5.41) is 1.31. The Morgan fingerprint density at radius 3 is 2.12 bits per heavy atom. The fourth-order valence-corrected chi connectivity index (χ4v) is 2.47. The molecule has 2 aromatic rings. The number of ether oxygens (including phenoxy) is 1. The van der Waals surface area contributed by atoms with Gasteiger partial charge in [-0.2, -0.15) is 0 Å². The molecular formula is C14H15OP. The molecule has 0 saturated carbocycles. The van der Waals surface area contributed by atoms with E-state index in [1.165, 1.54) is 5.30 Å². The van der Waals surface area contributed by atoms with Crippen molar-refractivity contribution in [1.29, 1.82) is 0 Å². The lowest BCUT2D eigenvalue weighted by atomic mass is 10.3. The fraction of sp³-hybridized carbons (Fsp3) is 0.143. The molecule has 0 aliphatic heterocycles. The van der Waals surface area contributed by atoms with E-state index in [-0.39, 0.29) is 7.92 Å². The molecule has 82 valence electrons. The molecule has 0 aliphatic carbocycles. The summed E-state index contributed by atoms with van der Waals surface area (Å²) in [4.78, 5) is 0. The zero-order valence-electron chi connectivity index (χ0n) is 9.55. The van der Waals surface area contributed by atoms with Gasteiger partial charge >= 0.3 is 0 Å². The summed E-state index contributed by atoms with van der Waals surface area (Å²) in [5.41, 5.74) is 0. The minimum atomic E-state index is -0.138. The zero-order chi connectivity index (χ0) is 11.4. The summed E-state index contributed by atoms with van der Waals surface area (Å²) >= 11 is 0. The van der Waals surface area contributed by atoms with Gasteiger partial charge in [0.2, 0.25) is 0 Å². The van der Waals surface area contributed by atoms with E-state index < -0.39 is 0 Å². The van der Waals surface area contributed by atoms with Crippen LogP contribution in [0.25, 0.3) is 0 Å². The number of rotatable bonds is 3. The van der Waals surface area contributed by atoms with Crippen LogP contribution in [-0.4, -0.2) is 13.3 Å². The molecule has 0 radical (unpaired) electrons. The highest BCUT2D eigenvalue weighted by molar-refractivity contribution is 7.64. The molecule has 1 nitrogen and oxygen atoms in total. The average molecular weight is 230 g/mol. The minimum Gasteiger partial charge on any atom is -0.457 e. The van der Waals surface area contributed by atoms with Crippen molar-refractivity contribution in [3.63, 3.8) is 0 Å². The van der Waals surface area contributed by atoms with Crippen LogP contribution in [0, 0.1) is 0 Å². The second kappa shape index (κ2) is 5.14. The van der Waals surface area contributed by atoms with Gasteiger partial charge in [0.25, 0.3) is 0 Å². The molecule has 2 aromatic carbocycles. The van der Waals surface area contributed by atoms with E-state index >= 15 is 0 Å². The van der Waals surface area contributed by atoms with Gasteiger partial charge in [-0.25, -0.2) is 0 Å². The Labute approximate surface area is 97.8 Å². The van der Waals surface area contributed by atoms with Gasteiger partial charge in [-0.3, -0.25) is 0 Å². The van der Waals surface area contributed by atoms with Gasteiger partial charge in [-0.05, 0) is 31.5 Å². The molecule has 0 atom stereocenters. The molecule has 0 bridgehead atoms. The predicted octanol–water partition coefficient (Wildman–Crippen LogP) is 3.85. The van der Waals surface area contributed by atoms with E-state index in [1.807, 2.05) is 42.5 Å². The highest BCUT2D eigenvalue weighted by atomic mass is 31.1. The van der Waals surface area contributed by atoms with Gasteiger partial charge in [-0.15, -0.1) is 0 Å². The second-order valence-electron chi connectivity index (χ2n) is 3.78. The van der Waals surface area contributed by atoms with Crippen molar-refractivity contribution in [3.8, 4) is 11.5 Å². The summed E-state index contributed by atoms with van der Waals surface area (Å²) in [6.07, 6.45) is 0. The monoisotopic (exact) mass is 230 g/mol. The smallest absolute Gasteiger partial charge is 0.135 e. The lowest BCUT2D eigenvalue weighted by Gasteiger charge is -2.13. The first-order valence-corrected chi connectivity index (χ1v) is 7.50. The van der Waals surface area contributed by atoms with E-state index in [0.29, 0.717) is 0 Å². The molecule has 0 spiro atoms. The van der Waals surface area contributed by atoms with Crippen LogP contribution in [0.1, 0.15) is 0 Å². The zero-order valence-corrected chi connectivity index (χ0v) is 10.4. The van der Waals surface area contributed by atoms with E-state index in [9.17, 15) is 0 Å². The first-order valence-electron chi connectivity index (χ1n) is 5.26. The van der Waals surface area contributed by atoms with Crippen LogP contribution in [0.2, 0.25) is 0 Å². The van der Waals surface area contributed by atoms with Gasteiger partial charge in [0.15, 0.2) is 0 Å². The van der Waals surface area contributed by atoms with Crippen molar-refractivity contribution in [3.05, 3.63) is 54.6 Å². The third-order valence-corrected chi connectivity index (χ3v) is 3.65. The molecule has 0 fully saturated rings. The van der Waals surface area contributed by atoms with Gasteiger partial charge in [0.05, 0.1) is 0 Å². The lowest BCUT2D eigenvalue weighted by molar-refractivity contribution is 0.486. The fourth-order valence-electron chi connectivity index (χ4n) is 1.53. The van der Waals surface area contributed by atoms with Crippen LogP contribution in [0.15, 0.2) is 54.6 Å². The van der Waals surface area contributed by atoms with Gasteiger partial charge in [0, 0.05) is 5.30 Å². The van der Waals surface area contributed by atoms with Gasteiger partial charge in [-0.1, -0.05) is 44.3 Å². The van der Waals surface area contributed by atoms with Crippen LogP contribution in [0.3, 0.4) is 0 Å². The topological polar surface area (TPSA) is 9.23 Å². The maximum absolute atomic E-state index is 5.89. The average Bonchev–Trinajstić information content (AvgIpc) is 2.31. The Kier molecular flexibility index (Phi) is 3.58. The molecule has 2 rings (SSSR count). The number of hydrogen-bond donors (Lipinski definition) is 0. The number of para-hydroxylation sites is 2. The van der Waals surface area contributed by atoms with E-state index in [4.69, 9.17) is 4.74 Å². The van der Waals surface area contributed by atoms with Crippen molar-refractivity contribution in [2.45, 2.75) is 0 Å². The highest BCUT2D eigenvalue weighted by Crippen LogP contribution is 2.31. The van der Waals surface area contributed by atoms with Crippen LogP contribution in [-0.2, 0) is 0 Å². The van der Waals surface area contributed by atoms with Crippen molar-refractivity contribution in [2.75, 3.05) is 13.3 Å². The maximum atomic E-state index is 5.89. The highest BCUT2D eigenvalue weighted by Gasteiger charge is 2.06. The largest absolute Gasteiger partial charge is 0.457 e. The Bertz CT molecular complexity index is 451. The Morgan fingerprint density at radius 1 is 0.812 bits per heavy atom. The molecule has 0 amide bonds. The first-order chi connectivity index (χ1) is 7.77. The van der Waals surface area contributed by atoms with Crippen LogP contribution in [0.5, 0.6) is 11.5 Å². The molecule has 2 heteroatoms. The Balaban J connectivity index is 2.28. The minimum absolute atomic E-state index is 0.138. The van der Waals surface area contributed by atoms with Crippen molar-refractivity contribution in [2.24, 2.45) is 0 Å². The number of hydrogen-bond acceptors (Lipinski definition) is 1. The van der Waals surface area contributed by atoms with E-state index in [1.54, 1.807) is 0 Å². The first kappa shape index (κ1) is 11.2. The van der Waals surface area contributed by atoms with Crippen LogP contribution in [0.4, 0.5) is 0 Å². The summed E-state index contributed by atoms with van der Waals surface area (Å²) in [7, 11) is -0.138. The maximum Gasteiger partial charge on any atom is 0.135 e. The third kappa shape index (κ3) is 2.62. The third-order valence-electron chi connectivity index (χ3n) is 2.32. The normalized spacial score (nSPS) is 10.4. The molecule has 0 N–H and O–H groups in total. The summed E-state index contributed by atoms with van der Waals surface area (Å²) in [6, 6.07) is 18.2. The van der Waals surface area contributed by atoms with Crippen molar-refractivity contribution < 1.29 is 4.74 Å². The van der Waals surface area contributed by atoms with Gasteiger partial charge in [0.1, 0.15) is 11.5 Å². The van der Waals surface area contributed by atoms with E-state index in [0.717, 1.165) is 11.5 Å². The van der Waals surface area contributed by atoms with E-state index in [2.05, 4.69) is 25.5 Å². The molecule has 0 saturated heterocycles. The van der Waals surface area contributed by atoms with Crippen molar-refractivity contribution >= 4 is 13.2 Å². The number of benzene rings is 2.